The van der Waals surface area contributed by atoms with Crippen LogP contribution >= 0.6 is 12.4 Å². The van der Waals surface area contributed by atoms with Crippen molar-refractivity contribution >= 4 is 40.0 Å². The van der Waals surface area contributed by atoms with Gasteiger partial charge in [-0.25, -0.2) is 13.1 Å². The monoisotopic (exact) mass is 379 g/mol. The minimum Gasteiger partial charge on any atom is -0.480 e. The number of rotatable bonds is 7. The van der Waals surface area contributed by atoms with E-state index >= 15 is 0 Å². The summed E-state index contributed by atoms with van der Waals surface area (Å²) < 4.78 is 26.0. The summed E-state index contributed by atoms with van der Waals surface area (Å²) in [5, 5.41) is 11.5. The first-order valence-corrected chi connectivity index (χ1v) is 8.34. The van der Waals surface area contributed by atoms with E-state index in [1.54, 1.807) is 19.1 Å². The van der Waals surface area contributed by atoms with Gasteiger partial charge in [-0.2, -0.15) is 0 Å². The van der Waals surface area contributed by atoms with Crippen LogP contribution in [0.3, 0.4) is 0 Å². The number of aryl methyl sites for hydroxylation is 1. The van der Waals surface area contributed by atoms with Crippen LogP contribution in [0.5, 0.6) is 0 Å². The molecule has 1 aromatic rings. The maximum absolute atomic E-state index is 12.0. The smallest absolute Gasteiger partial charge is 0.320 e. The first kappa shape index (κ1) is 22.3. The molecule has 0 saturated carbocycles. The molecule has 136 valence electrons. The Bertz CT molecular complexity index is 708. The highest BCUT2D eigenvalue weighted by Gasteiger charge is 2.20. The molecule has 24 heavy (non-hydrogen) atoms. The second kappa shape index (κ2) is 8.97. The Balaban J connectivity index is 0.00000529. The first-order valence-electron chi connectivity index (χ1n) is 6.85. The quantitative estimate of drug-likeness (QED) is 0.641. The van der Waals surface area contributed by atoms with Gasteiger partial charge in [-0.3, -0.25) is 14.5 Å². The second-order valence-electron chi connectivity index (χ2n) is 5.17. The van der Waals surface area contributed by atoms with E-state index in [1.807, 2.05) is 0 Å². The highest BCUT2D eigenvalue weighted by Crippen LogP contribution is 2.19. The second-order valence-corrected chi connectivity index (χ2v) is 7.02. The molecular weight excluding hydrogens is 358 g/mol. The largest absolute Gasteiger partial charge is 0.480 e. The van der Waals surface area contributed by atoms with Gasteiger partial charge in [0, 0.05) is 5.69 Å². The molecule has 8 nitrogen and oxygen atoms in total. The number of nitrogens with one attached hydrogen (secondary N) is 2. The van der Waals surface area contributed by atoms with Crippen LogP contribution in [0.2, 0.25) is 0 Å². The molecule has 0 aromatic heterocycles. The van der Waals surface area contributed by atoms with Gasteiger partial charge in [-0.1, -0.05) is 6.07 Å². The van der Waals surface area contributed by atoms with Crippen LogP contribution in [0.15, 0.2) is 23.1 Å². The summed E-state index contributed by atoms with van der Waals surface area (Å²) in [5.41, 5.74) is 0.875. The van der Waals surface area contributed by atoms with E-state index in [2.05, 4.69) is 10.0 Å². The van der Waals surface area contributed by atoms with Crippen LogP contribution in [0.4, 0.5) is 5.69 Å². The van der Waals surface area contributed by atoms with Gasteiger partial charge in [0.15, 0.2) is 0 Å². The number of sulfonamides is 1. The molecule has 1 rings (SSSR count). The zero-order chi connectivity index (χ0) is 17.8. The Kier molecular flexibility index (Phi) is 8.35. The molecule has 0 radical (unpaired) electrons. The number of hydrogen-bond acceptors (Lipinski definition) is 5. The van der Waals surface area contributed by atoms with E-state index in [9.17, 15) is 18.0 Å². The van der Waals surface area contributed by atoms with Crippen LogP contribution in [-0.2, 0) is 19.6 Å². The number of carbonyl (C=O) groups excluding carboxylic acids is 1. The fourth-order valence-electron chi connectivity index (χ4n) is 1.83. The normalized spacial score (nSPS) is 12.4. The fourth-order valence-corrected chi connectivity index (χ4v) is 2.82. The number of carbonyl (C=O) groups is 2. The van der Waals surface area contributed by atoms with Crippen molar-refractivity contribution in [3.8, 4) is 0 Å². The topological polar surface area (TPSA) is 116 Å². The van der Waals surface area contributed by atoms with Crippen LogP contribution < -0.4 is 10.0 Å². The van der Waals surface area contributed by atoms with Gasteiger partial charge in [0.2, 0.25) is 15.9 Å². The average molecular weight is 380 g/mol. The zero-order valence-corrected chi connectivity index (χ0v) is 15.5. The van der Waals surface area contributed by atoms with Crippen molar-refractivity contribution in [1.82, 2.24) is 9.62 Å². The molecule has 1 unspecified atom stereocenters. The average Bonchev–Trinajstić information content (AvgIpc) is 2.47. The number of anilines is 1. The van der Waals surface area contributed by atoms with Crippen molar-refractivity contribution in [1.29, 1.82) is 0 Å². The van der Waals surface area contributed by atoms with Gasteiger partial charge in [0.1, 0.15) is 6.04 Å². The summed E-state index contributed by atoms with van der Waals surface area (Å²) in [6, 6.07) is 3.73. The van der Waals surface area contributed by atoms with Crippen LogP contribution in [-0.4, -0.2) is 57.0 Å². The number of amides is 1. The van der Waals surface area contributed by atoms with Crippen LogP contribution in [0.25, 0.3) is 0 Å². The lowest BCUT2D eigenvalue weighted by molar-refractivity contribution is -0.142. The molecule has 0 saturated heterocycles. The van der Waals surface area contributed by atoms with E-state index in [1.165, 1.54) is 32.0 Å². The SMILES string of the molecule is CNS(=O)(=O)c1cc(NC(=O)CN(C)C(C)C(=O)O)ccc1C.Cl. The molecule has 0 aliphatic rings. The van der Waals surface area contributed by atoms with E-state index in [4.69, 9.17) is 5.11 Å². The third-order valence-electron chi connectivity index (χ3n) is 3.44. The molecule has 0 aliphatic carbocycles. The molecule has 10 heteroatoms. The van der Waals surface area contributed by atoms with Crippen LogP contribution in [0, 0.1) is 6.92 Å². The summed E-state index contributed by atoms with van der Waals surface area (Å²) in [6.45, 7) is 2.99. The summed E-state index contributed by atoms with van der Waals surface area (Å²) >= 11 is 0. The molecule has 0 aliphatic heterocycles. The van der Waals surface area contributed by atoms with Gasteiger partial charge >= 0.3 is 5.97 Å². The van der Waals surface area contributed by atoms with Gasteiger partial charge in [0.05, 0.1) is 11.4 Å². The molecule has 3 N–H and O–H groups in total. The molecule has 0 spiro atoms. The lowest BCUT2D eigenvalue weighted by atomic mass is 10.2. The van der Waals surface area contributed by atoms with Crippen molar-refractivity contribution in [2.75, 3.05) is 26.0 Å². The van der Waals surface area contributed by atoms with Crippen molar-refractivity contribution in [2.45, 2.75) is 24.8 Å². The molecule has 0 bridgehead atoms. The molecule has 1 amide bonds. The molecular formula is C14H22ClN3O5S. The van der Waals surface area contributed by atoms with Gasteiger partial charge < -0.3 is 10.4 Å². The fraction of sp³-hybridized carbons (Fsp3) is 0.429. The van der Waals surface area contributed by atoms with Crippen molar-refractivity contribution in [2.24, 2.45) is 0 Å². The van der Waals surface area contributed by atoms with E-state index in [0.717, 1.165) is 0 Å². The zero-order valence-electron chi connectivity index (χ0n) is 13.9. The Morgan fingerprint density at radius 2 is 1.92 bits per heavy atom. The summed E-state index contributed by atoms with van der Waals surface area (Å²) in [7, 11) is -0.798. The Labute approximate surface area is 147 Å². The van der Waals surface area contributed by atoms with Gasteiger partial charge in [0.25, 0.3) is 0 Å². The minimum absolute atomic E-state index is 0. The van der Waals surface area contributed by atoms with E-state index < -0.39 is 27.9 Å². The number of aliphatic carboxylic acids is 1. The molecule has 0 fully saturated rings. The number of likely N-dealkylation sites (N-methyl/N-ethyl adjacent to an activating group) is 1. The summed E-state index contributed by atoms with van der Waals surface area (Å²) in [5.74, 6) is -1.46. The van der Waals surface area contributed by atoms with Gasteiger partial charge in [-0.05, 0) is 45.6 Å². The predicted molar refractivity (Wildman–Crippen MR) is 93.0 cm³/mol. The molecule has 1 atom stereocenters. The van der Waals surface area contributed by atoms with Gasteiger partial charge in [-0.15, -0.1) is 12.4 Å². The van der Waals surface area contributed by atoms with E-state index in [0.29, 0.717) is 11.3 Å². The highest BCUT2D eigenvalue weighted by atomic mass is 35.5. The summed E-state index contributed by atoms with van der Waals surface area (Å²) in [6.07, 6.45) is 0. The lowest BCUT2D eigenvalue weighted by Gasteiger charge is -2.20. The van der Waals surface area contributed by atoms with Crippen molar-refractivity contribution in [3.63, 3.8) is 0 Å². The third-order valence-corrected chi connectivity index (χ3v) is 5.00. The van der Waals surface area contributed by atoms with Crippen molar-refractivity contribution < 1.29 is 23.1 Å². The number of nitrogens with zero attached hydrogens (tertiary/aromatic N) is 1. The third kappa shape index (κ3) is 5.75. The number of hydrogen-bond donors (Lipinski definition) is 3. The van der Waals surface area contributed by atoms with Crippen LogP contribution in [0.1, 0.15) is 12.5 Å². The number of carboxylic acid groups (broad SMARTS) is 1. The maximum Gasteiger partial charge on any atom is 0.320 e. The minimum atomic E-state index is -3.62. The molecule has 1 aromatic carbocycles. The molecule has 0 heterocycles. The lowest BCUT2D eigenvalue weighted by Crippen LogP contribution is -2.40. The van der Waals surface area contributed by atoms with Crippen molar-refractivity contribution in [3.05, 3.63) is 23.8 Å². The first-order chi connectivity index (χ1) is 10.6. The number of benzene rings is 1. The standard InChI is InChI=1S/C14H21N3O5S.ClH/c1-9-5-6-11(7-12(9)23(21,22)15-3)16-13(18)8-17(4)10(2)14(19)20;/h5-7,10,15H,8H2,1-4H3,(H,16,18)(H,19,20);1H. The maximum atomic E-state index is 12.0. The Hall–Kier alpha value is -1.68. The summed E-state index contributed by atoms with van der Waals surface area (Å²) in [4.78, 5) is 24.3. The highest BCUT2D eigenvalue weighted by molar-refractivity contribution is 7.89. The number of carboxylic acids is 1. The Morgan fingerprint density at radius 3 is 2.42 bits per heavy atom. The number of halogens is 1. The predicted octanol–water partition coefficient (Wildman–Crippen LogP) is 0.668. The van der Waals surface area contributed by atoms with E-state index in [-0.39, 0.29) is 23.8 Å². The Morgan fingerprint density at radius 1 is 1.33 bits per heavy atom.